The molecule has 1 fully saturated rings. The molecule has 7 nitrogen and oxygen atoms in total. The van der Waals surface area contributed by atoms with E-state index in [0.717, 1.165) is 12.8 Å². The fraction of sp³-hybridized carbons (Fsp3) is 0.571. The lowest BCUT2D eigenvalue weighted by atomic mass is 10.1. The largest absolute Gasteiger partial charge is 0.477 e. The van der Waals surface area contributed by atoms with Crippen LogP contribution in [0.15, 0.2) is 18.3 Å². The molecule has 21 heavy (non-hydrogen) atoms. The minimum atomic E-state index is -1.04. The summed E-state index contributed by atoms with van der Waals surface area (Å²) >= 11 is 0. The summed E-state index contributed by atoms with van der Waals surface area (Å²) in [6.45, 7) is 1.56. The number of aromatic nitrogens is 1. The Morgan fingerprint density at radius 2 is 2.05 bits per heavy atom. The SMILES string of the molecule is O=C(O)c1cccn1CC(=O)N1CCC(OCCO)CC1. The molecule has 116 valence electrons. The van der Waals surface area contributed by atoms with Gasteiger partial charge in [-0.05, 0) is 25.0 Å². The molecule has 1 aliphatic heterocycles. The van der Waals surface area contributed by atoms with Crippen LogP contribution in [0.1, 0.15) is 23.3 Å². The Balaban J connectivity index is 1.85. The molecule has 1 aromatic rings. The monoisotopic (exact) mass is 296 g/mol. The molecular formula is C14H20N2O5. The Labute approximate surface area is 122 Å². The van der Waals surface area contributed by atoms with E-state index < -0.39 is 5.97 Å². The molecule has 1 aromatic heterocycles. The third kappa shape index (κ3) is 4.05. The first-order valence-electron chi connectivity index (χ1n) is 7.00. The van der Waals surface area contributed by atoms with Crippen molar-refractivity contribution in [1.82, 2.24) is 9.47 Å². The lowest BCUT2D eigenvalue weighted by Gasteiger charge is -2.32. The summed E-state index contributed by atoms with van der Waals surface area (Å²) in [7, 11) is 0. The van der Waals surface area contributed by atoms with Crippen molar-refractivity contribution >= 4 is 11.9 Å². The number of carbonyl (C=O) groups is 2. The molecule has 1 saturated heterocycles. The molecule has 0 atom stereocenters. The van der Waals surface area contributed by atoms with Crippen LogP contribution in [-0.4, -0.2) is 64.0 Å². The number of ether oxygens (including phenoxy) is 1. The van der Waals surface area contributed by atoms with Gasteiger partial charge in [-0.3, -0.25) is 4.79 Å². The lowest BCUT2D eigenvalue weighted by molar-refractivity contribution is -0.134. The topological polar surface area (TPSA) is 92.0 Å². The molecule has 0 radical (unpaired) electrons. The maximum Gasteiger partial charge on any atom is 0.352 e. The van der Waals surface area contributed by atoms with Gasteiger partial charge in [0.25, 0.3) is 0 Å². The predicted octanol–water partition coefficient (Wildman–Crippen LogP) is 0.186. The first-order chi connectivity index (χ1) is 10.1. The number of nitrogens with zero attached hydrogens (tertiary/aromatic N) is 2. The van der Waals surface area contributed by atoms with E-state index in [1.807, 2.05) is 0 Å². The van der Waals surface area contributed by atoms with Crippen LogP contribution in [0.4, 0.5) is 0 Å². The molecule has 2 rings (SSSR count). The number of likely N-dealkylation sites (tertiary alicyclic amines) is 1. The number of aliphatic hydroxyl groups excluding tert-OH is 1. The van der Waals surface area contributed by atoms with E-state index in [0.29, 0.717) is 19.7 Å². The Bertz CT molecular complexity index is 491. The van der Waals surface area contributed by atoms with E-state index in [2.05, 4.69) is 0 Å². The zero-order valence-electron chi connectivity index (χ0n) is 11.8. The van der Waals surface area contributed by atoms with Crippen molar-refractivity contribution in [1.29, 1.82) is 0 Å². The smallest absolute Gasteiger partial charge is 0.352 e. The van der Waals surface area contributed by atoms with Crippen molar-refractivity contribution in [2.75, 3.05) is 26.3 Å². The van der Waals surface area contributed by atoms with Crippen LogP contribution in [0, 0.1) is 0 Å². The highest BCUT2D eigenvalue weighted by Crippen LogP contribution is 2.14. The van der Waals surface area contributed by atoms with E-state index >= 15 is 0 Å². The van der Waals surface area contributed by atoms with Crippen molar-refractivity contribution in [2.45, 2.75) is 25.5 Å². The molecule has 1 amide bonds. The third-order valence-corrected chi connectivity index (χ3v) is 3.59. The van der Waals surface area contributed by atoms with Gasteiger partial charge in [0, 0.05) is 19.3 Å². The highest BCUT2D eigenvalue weighted by Gasteiger charge is 2.23. The Morgan fingerprint density at radius 1 is 1.33 bits per heavy atom. The summed E-state index contributed by atoms with van der Waals surface area (Å²) in [5, 5.41) is 17.7. The van der Waals surface area contributed by atoms with Crippen LogP contribution >= 0.6 is 0 Å². The second-order valence-corrected chi connectivity index (χ2v) is 5.00. The van der Waals surface area contributed by atoms with Gasteiger partial charge in [-0.15, -0.1) is 0 Å². The lowest BCUT2D eigenvalue weighted by Crippen LogP contribution is -2.42. The second-order valence-electron chi connectivity index (χ2n) is 5.00. The Hall–Kier alpha value is -1.86. The number of aliphatic hydroxyl groups is 1. The number of aromatic carboxylic acids is 1. The van der Waals surface area contributed by atoms with Crippen molar-refractivity contribution in [2.24, 2.45) is 0 Å². The highest BCUT2D eigenvalue weighted by molar-refractivity contribution is 5.86. The molecule has 0 saturated carbocycles. The fourth-order valence-corrected chi connectivity index (χ4v) is 2.48. The molecule has 2 N–H and O–H groups in total. The minimum absolute atomic E-state index is 0.00470. The van der Waals surface area contributed by atoms with Crippen LogP contribution in [0.2, 0.25) is 0 Å². The van der Waals surface area contributed by atoms with E-state index in [1.54, 1.807) is 17.2 Å². The average Bonchev–Trinajstić information content (AvgIpc) is 2.94. The number of amides is 1. The van der Waals surface area contributed by atoms with Crippen molar-refractivity contribution < 1.29 is 24.5 Å². The second kappa shape index (κ2) is 7.24. The van der Waals surface area contributed by atoms with Gasteiger partial charge in [0.1, 0.15) is 12.2 Å². The van der Waals surface area contributed by atoms with Gasteiger partial charge >= 0.3 is 5.97 Å². The van der Waals surface area contributed by atoms with Crippen LogP contribution in [-0.2, 0) is 16.1 Å². The first kappa shape index (κ1) is 15.5. The van der Waals surface area contributed by atoms with E-state index in [9.17, 15) is 9.59 Å². The quantitative estimate of drug-likeness (QED) is 0.781. The molecule has 0 bridgehead atoms. The van der Waals surface area contributed by atoms with E-state index in [1.165, 1.54) is 10.6 Å². The van der Waals surface area contributed by atoms with Gasteiger partial charge in [-0.2, -0.15) is 0 Å². The fourth-order valence-electron chi connectivity index (χ4n) is 2.48. The number of carboxylic acid groups (broad SMARTS) is 1. The van der Waals surface area contributed by atoms with Crippen molar-refractivity contribution in [3.8, 4) is 0 Å². The third-order valence-electron chi connectivity index (χ3n) is 3.59. The van der Waals surface area contributed by atoms with Gasteiger partial charge in [-0.25, -0.2) is 4.79 Å². The van der Waals surface area contributed by atoms with Crippen molar-refractivity contribution in [3.63, 3.8) is 0 Å². The summed E-state index contributed by atoms with van der Waals surface area (Å²) in [5.74, 6) is -1.13. The van der Waals surface area contributed by atoms with Crippen molar-refractivity contribution in [3.05, 3.63) is 24.0 Å². The van der Waals surface area contributed by atoms with Gasteiger partial charge < -0.3 is 24.4 Å². The van der Waals surface area contributed by atoms with Crippen LogP contribution < -0.4 is 0 Å². The standard InChI is InChI=1S/C14H20N2O5/c17-8-9-21-11-3-6-15(7-4-11)13(18)10-16-5-1-2-12(16)14(19)20/h1-2,5,11,17H,3-4,6-10H2,(H,19,20). The van der Waals surface area contributed by atoms with E-state index in [-0.39, 0.29) is 30.9 Å². The number of carboxylic acids is 1. The summed E-state index contributed by atoms with van der Waals surface area (Å²) in [4.78, 5) is 24.9. The van der Waals surface area contributed by atoms with Gasteiger partial charge in [0.2, 0.25) is 5.91 Å². The minimum Gasteiger partial charge on any atom is -0.477 e. The summed E-state index contributed by atoms with van der Waals surface area (Å²) < 4.78 is 6.89. The molecule has 2 heterocycles. The van der Waals surface area contributed by atoms with Crippen LogP contribution in [0.25, 0.3) is 0 Å². The highest BCUT2D eigenvalue weighted by atomic mass is 16.5. The molecule has 0 aromatic carbocycles. The number of rotatable bonds is 6. The zero-order chi connectivity index (χ0) is 15.2. The summed E-state index contributed by atoms with van der Waals surface area (Å²) in [6, 6.07) is 3.09. The van der Waals surface area contributed by atoms with Gasteiger partial charge in [-0.1, -0.05) is 0 Å². The predicted molar refractivity (Wildman–Crippen MR) is 74.0 cm³/mol. The average molecular weight is 296 g/mol. The van der Waals surface area contributed by atoms with Gasteiger partial charge in [0.15, 0.2) is 0 Å². The normalized spacial score (nSPS) is 16.1. The Morgan fingerprint density at radius 3 is 2.67 bits per heavy atom. The van der Waals surface area contributed by atoms with E-state index in [4.69, 9.17) is 14.9 Å². The summed E-state index contributed by atoms with van der Waals surface area (Å²) in [6.07, 6.45) is 3.16. The molecule has 0 aliphatic carbocycles. The van der Waals surface area contributed by atoms with Gasteiger partial charge in [0.05, 0.1) is 19.3 Å². The van der Waals surface area contributed by atoms with Crippen LogP contribution in [0.5, 0.6) is 0 Å². The Kier molecular flexibility index (Phi) is 5.35. The molecule has 7 heteroatoms. The maximum absolute atomic E-state index is 12.2. The molecule has 0 spiro atoms. The molecule has 0 unspecified atom stereocenters. The number of piperidine rings is 1. The molecular weight excluding hydrogens is 276 g/mol. The number of hydrogen-bond acceptors (Lipinski definition) is 4. The zero-order valence-corrected chi connectivity index (χ0v) is 11.8. The molecule has 1 aliphatic rings. The number of hydrogen-bond donors (Lipinski definition) is 2. The van der Waals surface area contributed by atoms with Crippen LogP contribution in [0.3, 0.4) is 0 Å². The number of carbonyl (C=O) groups excluding carboxylic acids is 1. The summed E-state index contributed by atoms with van der Waals surface area (Å²) in [5.41, 5.74) is 0.115. The maximum atomic E-state index is 12.2. The first-order valence-corrected chi connectivity index (χ1v) is 7.00.